The minimum absolute atomic E-state index is 1.05. The average molecular weight is 160 g/mol. The van der Waals surface area contributed by atoms with Gasteiger partial charge in [-0.15, -0.1) is 5.10 Å². The van der Waals surface area contributed by atoms with E-state index in [-0.39, 0.29) is 0 Å². The summed E-state index contributed by atoms with van der Waals surface area (Å²) in [5, 5.41) is 3.89. The third-order valence-electron chi connectivity index (χ3n) is 1.02. The van der Waals surface area contributed by atoms with Crippen molar-refractivity contribution in [2.24, 2.45) is 0 Å². The number of aryl methyl sites for hydroxylation is 1. The summed E-state index contributed by atoms with van der Waals surface area (Å²) in [6.45, 7) is 2.00. The van der Waals surface area contributed by atoms with Crippen molar-refractivity contribution in [1.29, 1.82) is 0 Å². The quantitative estimate of drug-likeness (QED) is 0.658. The summed E-state index contributed by atoms with van der Waals surface area (Å²) in [5.74, 6) is 1.05. The molecule has 50 valence electrons. The van der Waals surface area contributed by atoms with Gasteiger partial charge in [0.2, 0.25) is 0 Å². The summed E-state index contributed by atoms with van der Waals surface area (Å²) in [5.41, 5.74) is 1.08. The van der Waals surface area contributed by atoms with Crippen molar-refractivity contribution in [3.8, 4) is 0 Å². The van der Waals surface area contributed by atoms with Crippen LogP contribution in [-0.2, 0) is 5.75 Å². The molecule has 9 heavy (non-hydrogen) atoms. The van der Waals surface area contributed by atoms with Gasteiger partial charge in [-0.05, 0) is 24.7 Å². The Hall–Kier alpha value is -0.0900. The summed E-state index contributed by atoms with van der Waals surface area (Å²) in [7, 11) is 0. The number of aromatic nitrogens is 2. The van der Waals surface area contributed by atoms with Crippen molar-refractivity contribution in [1.82, 2.24) is 9.59 Å². The molecule has 1 heterocycles. The van der Waals surface area contributed by atoms with E-state index in [2.05, 4.69) is 15.8 Å². The largest absolute Gasteiger partial charge is 0.160 e. The number of nitrogens with zero attached hydrogens (tertiary/aromatic N) is 2. The SMILES string of the molecule is CSCc1snnc1C. The van der Waals surface area contributed by atoms with E-state index >= 15 is 0 Å². The van der Waals surface area contributed by atoms with Crippen molar-refractivity contribution >= 4 is 23.3 Å². The second-order valence-corrected chi connectivity index (χ2v) is 3.42. The maximum absolute atomic E-state index is 3.89. The molecule has 0 spiro atoms. The molecule has 0 aliphatic heterocycles. The van der Waals surface area contributed by atoms with E-state index < -0.39 is 0 Å². The first-order valence-corrected chi connectivity index (χ1v) is 4.78. The van der Waals surface area contributed by atoms with Crippen LogP contribution in [0.1, 0.15) is 10.6 Å². The van der Waals surface area contributed by atoms with Crippen LogP contribution in [0.3, 0.4) is 0 Å². The number of hydrogen-bond donors (Lipinski definition) is 0. The van der Waals surface area contributed by atoms with Crippen LogP contribution < -0.4 is 0 Å². The molecule has 0 radical (unpaired) electrons. The summed E-state index contributed by atoms with van der Waals surface area (Å²) in [6, 6.07) is 0. The maximum atomic E-state index is 3.89. The van der Waals surface area contributed by atoms with Crippen molar-refractivity contribution in [2.75, 3.05) is 6.26 Å². The molecule has 0 aromatic carbocycles. The smallest absolute Gasteiger partial charge is 0.0765 e. The number of rotatable bonds is 2. The fourth-order valence-corrected chi connectivity index (χ4v) is 1.98. The van der Waals surface area contributed by atoms with Gasteiger partial charge in [-0.1, -0.05) is 4.49 Å². The van der Waals surface area contributed by atoms with Crippen molar-refractivity contribution < 1.29 is 0 Å². The van der Waals surface area contributed by atoms with Crippen LogP contribution in [0.4, 0.5) is 0 Å². The molecule has 0 bridgehead atoms. The van der Waals surface area contributed by atoms with Crippen LogP contribution >= 0.6 is 23.3 Å². The first kappa shape index (κ1) is 7.02. The summed E-state index contributed by atoms with van der Waals surface area (Å²) in [6.07, 6.45) is 2.08. The Bertz CT molecular complexity index is 185. The minimum atomic E-state index is 1.05. The van der Waals surface area contributed by atoms with Crippen molar-refractivity contribution in [2.45, 2.75) is 12.7 Å². The molecule has 0 N–H and O–H groups in total. The van der Waals surface area contributed by atoms with Gasteiger partial charge in [-0.2, -0.15) is 11.8 Å². The second-order valence-electron chi connectivity index (χ2n) is 1.71. The molecular formula is C5H8N2S2. The zero-order chi connectivity index (χ0) is 6.69. The Morgan fingerprint density at radius 1 is 1.67 bits per heavy atom. The highest BCUT2D eigenvalue weighted by Crippen LogP contribution is 2.14. The van der Waals surface area contributed by atoms with Crippen LogP contribution in [0.15, 0.2) is 0 Å². The molecular weight excluding hydrogens is 152 g/mol. The van der Waals surface area contributed by atoms with Crippen LogP contribution in [0.5, 0.6) is 0 Å². The van der Waals surface area contributed by atoms with Gasteiger partial charge >= 0.3 is 0 Å². The number of hydrogen-bond acceptors (Lipinski definition) is 4. The van der Waals surface area contributed by atoms with Crippen LogP contribution in [0, 0.1) is 6.92 Å². The van der Waals surface area contributed by atoms with Crippen molar-refractivity contribution in [3.05, 3.63) is 10.6 Å². The highest BCUT2D eigenvalue weighted by molar-refractivity contribution is 7.97. The normalized spacial score (nSPS) is 10.0. The molecule has 0 amide bonds. The molecule has 0 unspecified atom stereocenters. The standard InChI is InChI=1S/C5H8N2S2/c1-4-5(3-8-2)9-7-6-4/h3H2,1-2H3. The molecule has 4 heteroatoms. The Morgan fingerprint density at radius 3 is 2.89 bits per heavy atom. The van der Waals surface area contributed by atoms with E-state index in [1.807, 2.05) is 6.92 Å². The topological polar surface area (TPSA) is 25.8 Å². The highest BCUT2D eigenvalue weighted by Gasteiger charge is 1.99. The van der Waals surface area contributed by atoms with Gasteiger partial charge in [0.15, 0.2) is 0 Å². The second kappa shape index (κ2) is 3.17. The molecule has 0 aliphatic carbocycles. The Labute approximate surface area is 62.8 Å². The van der Waals surface area contributed by atoms with Gasteiger partial charge in [-0.3, -0.25) is 0 Å². The molecule has 1 rings (SSSR count). The lowest BCUT2D eigenvalue weighted by molar-refractivity contribution is 1.08. The van der Waals surface area contributed by atoms with Crippen LogP contribution in [-0.4, -0.2) is 15.8 Å². The fraction of sp³-hybridized carbons (Fsp3) is 0.600. The summed E-state index contributed by atoms with van der Waals surface area (Å²) < 4.78 is 3.82. The van der Waals surface area contributed by atoms with Gasteiger partial charge in [0.1, 0.15) is 0 Å². The lowest BCUT2D eigenvalue weighted by atomic mass is 10.4. The minimum Gasteiger partial charge on any atom is -0.160 e. The fourth-order valence-electron chi connectivity index (χ4n) is 0.515. The van der Waals surface area contributed by atoms with Gasteiger partial charge in [-0.25, -0.2) is 0 Å². The molecule has 0 fully saturated rings. The van der Waals surface area contributed by atoms with Crippen LogP contribution in [0.2, 0.25) is 0 Å². The molecule has 0 aliphatic rings. The van der Waals surface area contributed by atoms with Gasteiger partial charge in [0, 0.05) is 5.75 Å². The van der Waals surface area contributed by atoms with Crippen LogP contribution in [0.25, 0.3) is 0 Å². The lowest BCUT2D eigenvalue weighted by Gasteiger charge is -1.88. The lowest BCUT2D eigenvalue weighted by Crippen LogP contribution is -1.77. The summed E-state index contributed by atoms with van der Waals surface area (Å²) >= 11 is 3.30. The highest BCUT2D eigenvalue weighted by atomic mass is 32.2. The molecule has 2 nitrogen and oxygen atoms in total. The average Bonchev–Trinajstić information content (AvgIpc) is 2.18. The number of thioether (sulfide) groups is 1. The van der Waals surface area contributed by atoms with E-state index in [9.17, 15) is 0 Å². The Balaban J connectivity index is 2.69. The monoisotopic (exact) mass is 160 g/mol. The first-order chi connectivity index (χ1) is 4.34. The van der Waals surface area contributed by atoms with Gasteiger partial charge < -0.3 is 0 Å². The molecule has 0 atom stereocenters. The molecule has 0 saturated heterocycles. The third kappa shape index (κ3) is 1.66. The molecule has 0 saturated carbocycles. The zero-order valence-electron chi connectivity index (χ0n) is 5.42. The van der Waals surface area contributed by atoms with E-state index in [1.165, 1.54) is 16.4 Å². The van der Waals surface area contributed by atoms with Gasteiger partial charge in [0.25, 0.3) is 0 Å². The first-order valence-electron chi connectivity index (χ1n) is 2.61. The van der Waals surface area contributed by atoms with E-state index in [0.29, 0.717) is 0 Å². The van der Waals surface area contributed by atoms with E-state index in [4.69, 9.17) is 0 Å². The molecule has 1 aromatic rings. The van der Waals surface area contributed by atoms with Crippen molar-refractivity contribution in [3.63, 3.8) is 0 Å². The predicted octanol–water partition coefficient (Wildman–Crippen LogP) is 1.71. The predicted molar refractivity (Wildman–Crippen MR) is 41.9 cm³/mol. The third-order valence-corrected chi connectivity index (χ3v) is 2.60. The zero-order valence-corrected chi connectivity index (χ0v) is 7.05. The summed E-state index contributed by atoms with van der Waals surface area (Å²) in [4.78, 5) is 1.29. The van der Waals surface area contributed by atoms with E-state index in [1.54, 1.807) is 11.8 Å². The molecule has 1 aromatic heterocycles. The van der Waals surface area contributed by atoms with Gasteiger partial charge in [0.05, 0.1) is 10.6 Å². The Morgan fingerprint density at radius 2 is 2.44 bits per heavy atom. The Kier molecular flexibility index (Phi) is 2.48. The van der Waals surface area contributed by atoms with E-state index in [0.717, 1.165) is 11.4 Å². The maximum Gasteiger partial charge on any atom is 0.0765 e.